The van der Waals surface area contributed by atoms with Gasteiger partial charge in [-0.1, -0.05) is 6.92 Å². The highest BCUT2D eigenvalue weighted by Gasteiger charge is 2.27. The fourth-order valence-electron chi connectivity index (χ4n) is 2.35. The van der Waals surface area contributed by atoms with Crippen LogP contribution in [0.2, 0.25) is 0 Å². The highest BCUT2D eigenvalue weighted by Crippen LogP contribution is 2.16. The van der Waals surface area contributed by atoms with Gasteiger partial charge in [0, 0.05) is 32.2 Å². The van der Waals surface area contributed by atoms with E-state index < -0.39 is 11.9 Å². The van der Waals surface area contributed by atoms with Gasteiger partial charge in [0.2, 0.25) is 0 Å². The summed E-state index contributed by atoms with van der Waals surface area (Å²) in [5.74, 6) is -1.23. The van der Waals surface area contributed by atoms with Gasteiger partial charge in [-0.2, -0.15) is 0 Å². The molecule has 116 valence electrons. The van der Waals surface area contributed by atoms with Gasteiger partial charge in [0.15, 0.2) is 0 Å². The molecule has 0 aromatic rings. The first-order valence-corrected chi connectivity index (χ1v) is 7.41. The van der Waals surface area contributed by atoms with Crippen molar-refractivity contribution in [2.24, 2.45) is 5.92 Å². The molecule has 6 nitrogen and oxygen atoms in total. The molecule has 0 aliphatic carbocycles. The summed E-state index contributed by atoms with van der Waals surface area (Å²) in [7, 11) is 2.04. The summed E-state index contributed by atoms with van der Waals surface area (Å²) in [4.78, 5) is 26.8. The van der Waals surface area contributed by atoms with Gasteiger partial charge in [-0.05, 0) is 33.2 Å². The number of amides is 2. The maximum absolute atomic E-state index is 12.0. The van der Waals surface area contributed by atoms with Gasteiger partial charge >= 0.3 is 12.0 Å². The van der Waals surface area contributed by atoms with Crippen LogP contribution in [0.3, 0.4) is 0 Å². The number of nitrogens with zero attached hydrogens (tertiary/aromatic N) is 2. The molecular formula is C14H27N3O3. The number of carboxylic acid groups (broad SMARTS) is 1. The molecule has 1 aliphatic rings. The Morgan fingerprint density at radius 3 is 2.80 bits per heavy atom. The molecule has 6 heteroatoms. The van der Waals surface area contributed by atoms with E-state index in [4.69, 9.17) is 5.11 Å². The van der Waals surface area contributed by atoms with E-state index in [1.54, 1.807) is 4.90 Å². The predicted octanol–water partition coefficient (Wildman–Crippen LogP) is 1.22. The first-order chi connectivity index (χ1) is 9.45. The van der Waals surface area contributed by atoms with Crippen LogP contribution in [0.15, 0.2) is 0 Å². The van der Waals surface area contributed by atoms with Crippen LogP contribution in [-0.4, -0.2) is 66.2 Å². The third-order valence-electron chi connectivity index (χ3n) is 4.14. The third kappa shape index (κ3) is 5.00. The minimum atomic E-state index is -0.806. The van der Waals surface area contributed by atoms with Crippen LogP contribution in [0.1, 0.15) is 33.1 Å². The number of aliphatic carboxylic acids is 1. The maximum Gasteiger partial charge on any atom is 0.317 e. The lowest BCUT2D eigenvalue weighted by molar-refractivity contribution is -0.143. The number of carbonyl (C=O) groups is 2. The van der Waals surface area contributed by atoms with Crippen molar-refractivity contribution >= 4 is 12.0 Å². The van der Waals surface area contributed by atoms with Crippen molar-refractivity contribution in [1.29, 1.82) is 0 Å². The first-order valence-electron chi connectivity index (χ1n) is 7.41. The number of hydrogen-bond donors (Lipinski definition) is 2. The number of carbonyl (C=O) groups excluding carboxylic acids is 1. The number of likely N-dealkylation sites (tertiary alicyclic amines) is 1. The molecule has 0 radical (unpaired) electrons. The van der Waals surface area contributed by atoms with Gasteiger partial charge < -0.3 is 20.2 Å². The number of likely N-dealkylation sites (N-methyl/N-ethyl adjacent to an activating group) is 1. The second kappa shape index (κ2) is 8.09. The van der Waals surface area contributed by atoms with Crippen LogP contribution in [0, 0.1) is 5.92 Å². The summed E-state index contributed by atoms with van der Waals surface area (Å²) in [5, 5.41) is 11.9. The van der Waals surface area contributed by atoms with E-state index in [1.807, 2.05) is 7.05 Å². The Morgan fingerprint density at radius 2 is 2.20 bits per heavy atom. The summed E-state index contributed by atoms with van der Waals surface area (Å²) in [6.45, 7) is 6.66. The average molecular weight is 285 g/mol. The number of hydrogen-bond acceptors (Lipinski definition) is 3. The van der Waals surface area contributed by atoms with E-state index in [1.165, 1.54) is 0 Å². The fourth-order valence-corrected chi connectivity index (χ4v) is 2.35. The lowest BCUT2D eigenvalue weighted by Gasteiger charge is -2.31. The lowest BCUT2D eigenvalue weighted by atomic mass is 9.99. The van der Waals surface area contributed by atoms with Gasteiger partial charge in [-0.15, -0.1) is 0 Å². The van der Waals surface area contributed by atoms with Gasteiger partial charge in [0.1, 0.15) is 0 Å². The van der Waals surface area contributed by atoms with Crippen molar-refractivity contribution in [3.63, 3.8) is 0 Å². The molecule has 1 saturated heterocycles. The zero-order valence-corrected chi connectivity index (χ0v) is 12.8. The number of urea groups is 1. The average Bonchev–Trinajstić information content (AvgIpc) is 2.46. The summed E-state index contributed by atoms with van der Waals surface area (Å²) >= 11 is 0. The van der Waals surface area contributed by atoms with E-state index >= 15 is 0 Å². The van der Waals surface area contributed by atoms with Crippen LogP contribution in [0.25, 0.3) is 0 Å². The number of carboxylic acids is 1. The molecule has 0 aromatic heterocycles. The summed E-state index contributed by atoms with van der Waals surface area (Å²) in [5.41, 5.74) is 0. The zero-order chi connectivity index (χ0) is 15.1. The van der Waals surface area contributed by atoms with Crippen LogP contribution in [-0.2, 0) is 4.79 Å². The van der Waals surface area contributed by atoms with E-state index in [9.17, 15) is 9.59 Å². The molecule has 1 heterocycles. The van der Waals surface area contributed by atoms with Gasteiger partial charge in [0.25, 0.3) is 0 Å². The Balaban J connectivity index is 2.30. The molecule has 1 rings (SSSR count). The molecule has 20 heavy (non-hydrogen) atoms. The van der Waals surface area contributed by atoms with Crippen molar-refractivity contribution in [1.82, 2.24) is 15.1 Å². The van der Waals surface area contributed by atoms with E-state index in [0.717, 1.165) is 19.4 Å². The fraction of sp³-hybridized carbons (Fsp3) is 0.857. The van der Waals surface area contributed by atoms with Crippen molar-refractivity contribution < 1.29 is 14.7 Å². The Kier molecular flexibility index (Phi) is 6.78. The predicted molar refractivity (Wildman–Crippen MR) is 77.7 cm³/mol. The minimum Gasteiger partial charge on any atom is -0.481 e. The molecule has 2 atom stereocenters. The van der Waals surface area contributed by atoms with Crippen molar-refractivity contribution in [2.75, 3.05) is 33.2 Å². The third-order valence-corrected chi connectivity index (χ3v) is 4.14. The molecule has 0 spiro atoms. The van der Waals surface area contributed by atoms with Crippen LogP contribution in [0.4, 0.5) is 4.79 Å². The highest BCUT2D eigenvalue weighted by molar-refractivity contribution is 5.76. The Labute approximate surface area is 121 Å². The van der Waals surface area contributed by atoms with Crippen molar-refractivity contribution in [3.05, 3.63) is 0 Å². The Morgan fingerprint density at radius 1 is 1.50 bits per heavy atom. The number of piperidine rings is 1. The summed E-state index contributed by atoms with van der Waals surface area (Å²) in [6.07, 6.45) is 2.50. The molecule has 0 bridgehead atoms. The largest absolute Gasteiger partial charge is 0.481 e. The smallest absolute Gasteiger partial charge is 0.317 e. The van der Waals surface area contributed by atoms with Crippen molar-refractivity contribution in [3.8, 4) is 0 Å². The van der Waals surface area contributed by atoms with Crippen molar-refractivity contribution in [2.45, 2.75) is 39.2 Å². The molecule has 1 unspecified atom stereocenters. The highest BCUT2D eigenvalue weighted by atomic mass is 16.4. The van der Waals surface area contributed by atoms with E-state index in [2.05, 4.69) is 24.1 Å². The SMILES string of the molecule is CCC(C)N(C)CCNC(=O)N1CCC[C@H](C(=O)O)C1. The first kappa shape index (κ1) is 16.8. The van der Waals surface area contributed by atoms with Crippen LogP contribution in [0.5, 0.6) is 0 Å². The minimum absolute atomic E-state index is 0.145. The Bertz CT molecular complexity index is 336. The molecule has 1 fully saturated rings. The normalized spacial score (nSPS) is 20.8. The quantitative estimate of drug-likeness (QED) is 0.769. The standard InChI is InChI=1S/C14H27N3O3/c1-4-11(2)16(3)9-7-15-14(20)17-8-5-6-12(10-17)13(18)19/h11-12H,4-10H2,1-3H3,(H,15,20)(H,18,19)/t11?,12-/m0/s1. The maximum atomic E-state index is 12.0. The topological polar surface area (TPSA) is 72.9 Å². The van der Waals surface area contributed by atoms with Gasteiger partial charge in [-0.3, -0.25) is 4.79 Å². The Hall–Kier alpha value is -1.30. The summed E-state index contributed by atoms with van der Waals surface area (Å²) < 4.78 is 0. The van der Waals surface area contributed by atoms with E-state index in [0.29, 0.717) is 32.1 Å². The molecule has 1 aliphatic heterocycles. The molecular weight excluding hydrogens is 258 g/mol. The van der Waals surface area contributed by atoms with Crippen LogP contribution >= 0.6 is 0 Å². The zero-order valence-electron chi connectivity index (χ0n) is 12.8. The lowest BCUT2D eigenvalue weighted by Crippen LogP contribution is -2.48. The molecule has 0 saturated carbocycles. The number of rotatable bonds is 6. The van der Waals surface area contributed by atoms with Crippen LogP contribution < -0.4 is 5.32 Å². The van der Waals surface area contributed by atoms with Gasteiger partial charge in [0.05, 0.1) is 5.92 Å². The second-order valence-electron chi connectivity index (χ2n) is 5.59. The summed E-state index contributed by atoms with van der Waals surface area (Å²) in [6, 6.07) is 0.354. The molecule has 0 aromatic carbocycles. The van der Waals surface area contributed by atoms with E-state index in [-0.39, 0.29) is 6.03 Å². The monoisotopic (exact) mass is 285 g/mol. The number of nitrogens with one attached hydrogen (secondary N) is 1. The second-order valence-corrected chi connectivity index (χ2v) is 5.59. The molecule has 2 amide bonds. The molecule has 2 N–H and O–H groups in total. The van der Waals surface area contributed by atoms with Gasteiger partial charge in [-0.25, -0.2) is 4.79 Å².